The smallest absolute Gasteiger partial charge is 0.281 e. The molecule has 0 aromatic heterocycles. The Morgan fingerprint density at radius 1 is 1.29 bits per heavy atom. The van der Waals surface area contributed by atoms with Crippen molar-refractivity contribution in [3.05, 3.63) is 29.3 Å². The van der Waals surface area contributed by atoms with E-state index in [4.69, 9.17) is 21.1 Å². The third-order valence-electron chi connectivity index (χ3n) is 3.18. The highest BCUT2D eigenvalue weighted by molar-refractivity contribution is 7.86. The molecule has 1 aromatic rings. The van der Waals surface area contributed by atoms with Crippen LogP contribution in [0.2, 0.25) is 5.02 Å². The van der Waals surface area contributed by atoms with Gasteiger partial charge in [-0.25, -0.2) is 0 Å². The fourth-order valence-corrected chi connectivity index (χ4v) is 3.35. The maximum Gasteiger partial charge on any atom is 0.281 e. The Hall–Kier alpha value is -0.860. The van der Waals surface area contributed by atoms with E-state index in [1.807, 2.05) is 0 Å². The van der Waals surface area contributed by atoms with Gasteiger partial charge >= 0.3 is 0 Å². The topological polar surface area (TPSA) is 59.1 Å². The van der Waals surface area contributed by atoms with Gasteiger partial charge in [0.1, 0.15) is 12.4 Å². The summed E-state index contributed by atoms with van der Waals surface area (Å²) >= 11 is 5.78. The summed E-state index contributed by atoms with van der Waals surface area (Å²) in [5.41, 5.74) is 0. The molecular formula is C13H19ClN2O4S. The molecule has 118 valence electrons. The number of morpholine rings is 1. The molecule has 1 aromatic carbocycles. The van der Waals surface area contributed by atoms with Gasteiger partial charge in [0, 0.05) is 31.7 Å². The van der Waals surface area contributed by atoms with Crippen LogP contribution in [0.5, 0.6) is 5.75 Å². The first-order valence-corrected chi connectivity index (χ1v) is 8.45. The second-order valence-electron chi connectivity index (χ2n) is 4.64. The van der Waals surface area contributed by atoms with Crippen LogP contribution in [-0.4, -0.2) is 63.5 Å². The number of hydrogen-bond acceptors (Lipinski definition) is 4. The van der Waals surface area contributed by atoms with Crippen LogP contribution in [0.15, 0.2) is 24.3 Å². The quantitative estimate of drug-likeness (QED) is 0.785. The molecule has 0 saturated carbocycles. The fourth-order valence-electron chi connectivity index (χ4n) is 1.91. The summed E-state index contributed by atoms with van der Waals surface area (Å²) in [5.74, 6) is 0.663. The second kappa shape index (κ2) is 7.42. The van der Waals surface area contributed by atoms with Crippen molar-refractivity contribution < 1.29 is 17.9 Å². The minimum absolute atomic E-state index is 0.279. The summed E-state index contributed by atoms with van der Waals surface area (Å²) in [6.45, 7) is 2.22. The van der Waals surface area contributed by atoms with Gasteiger partial charge in [0.25, 0.3) is 10.2 Å². The molecule has 0 unspecified atom stereocenters. The SMILES string of the molecule is CN(CCOc1ccc(Cl)cc1)S(=O)(=O)N1CCOCC1. The molecule has 0 atom stereocenters. The molecule has 2 rings (SSSR count). The minimum atomic E-state index is -3.44. The number of rotatable bonds is 6. The first-order chi connectivity index (χ1) is 10.00. The lowest BCUT2D eigenvalue weighted by molar-refractivity contribution is 0.0704. The van der Waals surface area contributed by atoms with Gasteiger partial charge < -0.3 is 9.47 Å². The Bertz CT molecular complexity index is 544. The van der Waals surface area contributed by atoms with Crippen molar-refractivity contribution in [3.8, 4) is 5.75 Å². The van der Waals surface area contributed by atoms with Crippen molar-refractivity contribution in [1.29, 1.82) is 0 Å². The third kappa shape index (κ3) is 4.55. The van der Waals surface area contributed by atoms with Gasteiger partial charge in [0.05, 0.1) is 13.2 Å². The summed E-state index contributed by atoms with van der Waals surface area (Å²) < 4.78 is 38.0. The molecule has 0 amide bonds. The van der Waals surface area contributed by atoms with E-state index in [1.54, 1.807) is 31.3 Å². The zero-order valence-electron chi connectivity index (χ0n) is 11.9. The van der Waals surface area contributed by atoms with Crippen molar-refractivity contribution >= 4 is 21.8 Å². The summed E-state index contributed by atoms with van der Waals surface area (Å²) in [7, 11) is -1.89. The zero-order chi connectivity index (χ0) is 15.3. The molecule has 0 radical (unpaired) electrons. The fraction of sp³-hybridized carbons (Fsp3) is 0.538. The van der Waals surface area contributed by atoms with Gasteiger partial charge in [-0.15, -0.1) is 0 Å². The van der Waals surface area contributed by atoms with Crippen molar-refractivity contribution in [3.63, 3.8) is 0 Å². The lowest BCUT2D eigenvalue weighted by atomic mass is 10.3. The molecule has 0 spiro atoms. The van der Waals surface area contributed by atoms with E-state index in [1.165, 1.54) is 8.61 Å². The number of likely N-dealkylation sites (N-methyl/N-ethyl adjacent to an activating group) is 1. The molecule has 1 aliphatic rings. The highest BCUT2D eigenvalue weighted by Crippen LogP contribution is 2.15. The van der Waals surface area contributed by atoms with Crippen molar-refractivity contribution in [1.82, 2.24) is 8.61 Å². The number of ether oxygens (including phenoxy) is 2. The molecule has 21 heavy (non-hydrogen) atoms. The van der Waals surface area contributed by atoms with Crippen LogP contribution in [0.4, 0.5) is 0 Å². The highest BCUT2D eigenvalue weighted by Gasteiger charge is 2.28. The van der Waals surface area contributed by atoms with Gasteiger partial charge in [-0.3, -0.25) is 0 Å². The number of halogens is 1. The second-order valence-corrected chi connectivity index (χ2v) is 7.11. The number of nitrogens with zero attached hydrogens (tertiary/aromatic N) is 2. The molecule has 1 saturated heterocycles. The van der Waals surface area contributed by atoms with Crippen LogP contribution in [0.3, 0.4) is 0 Å². The Kier molecular flexibility index (Phi) is 5.83. The van der Waals surface area contributed by atoms with E-state index >= 15 is 0 Å². The van der Waals surface area contributed by atoms with Gasteiger partial charge in [0.15, 0.2) is 0 Å². The zero-order valence-corrected chi connectivity index (χ0v) is 13.4. The van der Waals surface area contributed by atoms with Crippen LogP contribution in [0, 0.1) is 0 Å². The predicted octanol–water partition coefficient (Wildman–Crippen LogP) is 1.23. The van der Waals surface area contributed by atoms with E-state index in [2.05, 4.69) is 0 Å². The predicted molar refractivity (Wildman–Crippen MR) is 80.9 cm³/mol. The van der Waals surface area contributed by atoms with Crippen LogP contribution in [-0.2, 0) is 14.9 Å². The first kappa shape index (κ1) is 16.5. The molecule has 1 aliphatic heterocycles. The van der Waals surface area contributed by atoms with Crippen molar-refractivity contribution in [2.45, 2.75) is 0 Å². The van der Waals surface area contributed by atoms with Crippen LogP contribution < -0.4 is 4.74 Å². The molecule has 1 fully saturated rings. The molecule has 8 heteroatoms. The Morgan fingerprint density at radius 2 is 1.90 bits per heavy atom. The van der Waals surface area contributed by atoms with E-state index in [0.29, 0.717) is 37.1 Å². The molecule has 0 bridgehead atoms. The van der Waals surface area contributed by atoms with Crippen molar-refractivity contribution in [2.75, 3.05) is 46.5 Å². The van der Waals surface area contributed by atoms with Gasteiger partial charge in [-0.2, -0.15) is 17.0 Å². The monoisotopic (exact) mass is 334 g/mol. The van der Waals surface area contributed by atoms with Gasteiger partial charge in [0.2, 0.25) is 0 Å². The van der Waals surface area contributed by atoms with Gasteiger partial charge in [-0.05, 0) is 24.3 Å². The summed E-state index contributed by atoms with van der Waals surface area (Å²) in [6, 6.07) is 6.95. The first-order valence-electron chi connectivity index (χ1n) is 6.67. The molecule has 0 aliphatic carbocycles. The normalized spacial score (nSPS) is 17.1. The maximum absolute atomic E-state index is 12.3. The molecule has 0 N–H and O–H groups in total. The molecule has 6 nitrogen and oxygen atoms in total. The minimum Gasteiger partial charge on any atom is -0.492 e. The highest BCUT2D eigenvalue weighted by atomic mass is 35.5. The Morgan fingerprint density at radius 3 is 2.52 bits per heavy atom. The molecule has 1 heterocycles. The van der Waals surface area contributed by atoms with Crippen LogP contribution in [0.1, 0.15) is 0 Å². The lowest BCUT2D eigenvalue weighted by Gasteiger charge is -2.30. The lowest BCUT2D eigenvalue weighted by Crippen LogP contribution is -2.48. The van der Waals surface area contributed by atoms with Crippen LogP contribution >= 0.6 is 11.6 Å². The van der Waals surface area contributed by atoms with E-state index in [9.17, 15) is 8.42 Å². The summed E-state index contributed by atoms with van der Waals surface area (Å²) in [6.07, 6.45) is 0. The maximum atomic E-state index is 12.3. The number of benzene rings is 1. The Labute approximate surface area is 130 Å². The van der Waals surface area contributed by atoms with E-state index < -0.39 is 10.2 Å². The summed E-state index contributed by atoms with van der Waals surface area (Å²) in [4.78, 5) is 0. The summed E-state index contributed by atoms with van der Waals surface area (Å²) in [5, 5.41) is 0.634. The number of hydrogen-bond donors (Lipinski definition) is 0. The van der Waals surface area contributed by atoms with Crippen molar-refractivity contribution in [2.24, 2.45) is 0 Å². The average Bonchev–Trinajstić information content (AvgIpc) is 2.50. The van der Waals surface area contributed by atoms with E-state index in [0.717, 1.165) is 0 Å². The van der Waals surface area contributed by atoms with Gasteiger partial charge in [-0.1, -0.05) is 11.6 Å². The van der Waals surface area contributed by atoms with E-state index in [-0.39, 0.29) is 13.2 Å². The standard InChI is InChI=1S/C13H19ClN2O4S/c1-15(21(17,18)16-7-9-19-10-8-16)6-11-20-13-4-2-12(14)3-5-13/h2-5H,6-11H2,1H3. The Balaban J connectivity index is 1.83. The molecular weight excluding hydrogens is 316 g/mol. The van der Waals surface area contributed by atoms with Crippen LogP contribution in [0.25, 0.3) is 0 Å². The largest absolute Gasteiger partial charge is 0.492 e. The third-order valence-corrected chi connectivity index (χ3v) is 5.42. The average molecular weight is 335 g/mol.